The van der Waals surface area contributed by atoms with Crippen molar-refractivity contribution in [3.63, 3.8) is 0 Å². The molecule has 1 atom stereocenters. The zero-order valence-electron chi connectivity index (χ0n) is 16.1. The summed E-state index contributed by atoms with van der Waals surface area (Å²) >= 11 is 0. The molecule has 0 saturated heterocycles. The van der Waals surface area contributed by atoms with E-state index in [0.29, 0.717) is 11.5 Å². The minimum absolute atomic E-state index is 0.302. The van der Waals surface area contributed by atoms with Crippen LogP contribution in [0.2, 0.25) is 0 Å². The van der Waals surface area contributed by atoms with Crippen molar-refractivity contribution in [2.45, 2.75) is 78.7 Å². The molecule has 0 saturated carbocycles. The molecular weight excluding hydrogens is 280 g/mol. The fourth-order valence-electron chi connectivity index (χ4n) is 2.36. The van der Waals surface area contributed by atoms with Crippen molar-refractivity contribution < 1.29 is 4.74 Å². The maximum absolute atomic E-state index is 5.43. The molecule has 0 aromatic heterocycles. The Morgan fingerprint density at radius 1 is 1.17 bits per heavy atom. The second-order valence-corrected chi connectivity index (χ2v) is 6.70. The fourth-order valence-corrected chi connectivity index (χ4v) is 2.36. The largest absolute Gasteiger partial charge is 0.381 e. The SMILES string of the molecule is C=CCC(CCC(C)=CC=CCCC=CC(C)(CC)CC)OC. The minimum atomic E-state index is 0.302. The van der Waals surface area contributed by atoms with E-state index in [9.17, 15) is 0 Å². The molecule has 1 unspecified atom stereocenters. The Hall–Kier alpha value is -1.08. The van der Waals surface area contributed by atoms with E-state index in [2.05, 4.69) is 64.7 Å². The van der Waals surface area contributed by atoms with E-state index in [1.807, 2.05) is 6.08 Å². The molecular formula is C22H38O. The summed E-state index contributed by atoms with van der Waals surface area (Å²) in [6.45, 7) is 12.8. The molecule has 0 spiro atoms. The van der Waals surface area contributed by atoms with Gasteiger partial charge in [0.1, 0.15) is 0 Å². The Bertz CT molecular complexity index is 383. The Labute approximate surface area is 145 Å². The molecule has 0 fully saturated rings. The van der Waals surface area contributed by atoms with Gasteiger partial charge in [0.15, 0.2) is 0 Å². The highest BCUT2D eigenvalue weighted by atomic mass is 16.5. The molecule has 23 heavy (non-hydrogen) atoms. The maximum Gasteiger partial charge on any atom is 0.0608 e. The summed E-state index contributed by atoms with van der Waals surface area (Å²) < 4.78 is 5.43. The molecule has 1 heteroatoms. The third kappa shape index (κ3) is 11.1. The summed E-state index contributed by atoms with van der Waals surface area (Å²) in [4.78, 5) is 0. The summed E-state index contributed by atoms with van der Waals surface area (Å²) in [5.74, 6) is 0. The number of unbranched alkanes of at least 4 members (excludes halogenated alkanes) is 1. The normalized spacial score (nSPS) is 14.7. The van der Waals surface area contributed by atoms with E-state index in [1.54, 1.807) is 7.11 Å². The molecule has 132 valence electrons. The zero-order valence-corrected chi connectivity index (χ0v) is 16.1. The van der Waals surface area contributed by atoms with Crippen molar-refractivity contribution in [3.8, 4) is 0 Å². The lowest BCUT2D eigenvalue weighted by atomic mass is 9.84. The number of ether oxygens (including phenoxy) is 1. The van der Waals surface area contributed by atoms with Crippen LogP contribution in [0.3, 0.4) is 0 Å². The van der Waals surface area contributed by atoms with Gasteiger partial charge in [0.05, 0.1) is 6.10 Å². The van der Waals surface area contributed by atoms with Crippen LogP contribution in [0, 0.1) is 5.41 Å². The number of allylic oxidation sites excluding steroid dienone is 6. The highest BCUT2D eigenvalue weighted by Crippen LogP contribution is 2.27. The predicted molar refractivity (Wildman–Crippen MR) is 105 cm³/mol. The molecule has 0 aromatic rings. The van der Waals surface area contributed by atoms with Crippen molar-refractivity contribution in [1.82, 2.24) is 0 Å². The first-order valence-electron chi connectivity index (χ1n) is 9.15. The van der Waals surface area contributed by atoms with Crippen molar-refractivity contribution in [3.05, 3.63) is 48.6 Å². The van der Waals surface area contributed by atoms with E-state index < -0.39 is 0 Å². The van der Waals surface area contributed by atoms with Gasteiger partial charge in [-0.05, 0) is 57.3 Å². The van der Waals surface area contributed by atoms with Crippen molar-refractivity contribution in [1.29, 1.82) is 0 Å². The average Bonchev–Trinajstić information content (AvgIpc) is 2.57. The Balaban J connectivity index is 4.03. The minimum Gasteiger partial charge on any atom is -0.381 e. The Morgan fingerprint density at radius 3 is 2.39 bits per heavy atom. The van der Waals surface area contributed by atoms with E-state index in [4.69, 9.17) is 4.74 Å². The van der Waals surface area contributed by atoms with E-state index in [1.165, 1.54) is 18.4 Å². The van der Waals surface area contributed by atoms with Crippen LogP contribution in [0.5, 0.6) is 0 Å². The van der Waals surface area contributed by atoms with Gasteiger partial charge in [-0.2, -0.15) is 0 Å². The van der Waals surface area contributed by atoms with Gasteiger partial charge in [-0.15, -0.1) is 6.58 Å². The van der Waals surface area contributed by atoms with Gasteiger partial charge >= 0.3 is 0 Å². The maximum atomic E-state index is 5.43. The third-order valence-electron chi connectivity index (χ3n) is 4.78. The zero-order chi connectivity index (χ0) is 17.6. The number of rotatable bonds is 13. The molecule has 0 aromatic carbocycles. The lowest BCUT2D eigenvalue weighted by Crippen LogP contribution is -2.09. The molecule has 0 rings (SSSR count). The molecule has 0 aliphatic rings. The van der Waals surface area contributed by atoms with Crippen LogP contribution < -0.4 is 0 Å². The number of hydrogen-bond donors (Lipinski definition) is 0. The average molecular weight is 319 g/mol. The molecule has 0 bridgehead atoms. The van der Waals surface area contributed by atoms with Crippen molar-refractivity contribution in [2.24, 2.45) is 5.41 Å². The van der Waals surface area contributed by atoms with E-state index in [0.717, 1.165) is 32.1 Å². The van der Waals surface area contributed by atoms with E-state index in [-0.39, 0.29) is 0 Å². The van der Waals surface area contributed by atoms with Crippen LogP contribution in [0.1, 0.15) is 72.6 Å². The topological polar surface area (TPSA) is 9.23 Å². The molecule has 0 aliphatic carbocycles. The molecule has 0 amide bonds. The van der Waals surface area contributed by atoms with Crippen molar-refractivity contribution >= 4 is 0 Å². The Morgan fingerprint density at radius 2 is 1.83 bits per heavy atom. The van der Waals surface area contributed by atoms with Gasteiger partial charge in [0.2, 0.25) is 0 Å². The second kappa shape index (κ2) is 13.4. The van der Waals surface area contributed by atoms with Crippen LogP contribution in [-0.2, 0) is 4.74 Å². The summed E-state index contributed by atoms with van der Waals surface area (Å²) in [7, 11) is 1.78. The molecule has 1 nitrogen and oxygen atoms in total. The summed E-state index contributed by atoms with van der Waals surface area (Å²) in [6.07, 6.45) is 21.4. The van der Waals surface area contributed by atoms with E-state index >= 15 is 0 Å². The number of methoxy groups -OCH3 is 1. The van der Waals surface area contributed by atoms with Crippen LogP contribution in [0.15, 0.2) is 48.6 Å². The van der Waals surface area contributed by atoms with Gasteiger partial charge < -0.3 is 4.74 Å². The van der Waals surface area contributed by atoms with Gasteiger partial charge in [-0.3, -0.25) is 0 Å². The molecule has 0 aliphatic heterocycles. The standard InChI is InChI=1S/C22H38O/c1-7-15-21(23-6)18-17-20(4)16-13-11-10-12-14-19-22(5,8-2)9-3/h7,11,13-14,16,19,21H,1,8-10,12,15,17-18H2,2-6H3. The van der Waals surface area contributed by atoms with Crippen LogP contribution in [0.25, 0.3) is 0 Å². The van der Waals surface area contributed by atoms with Gasteiger partial charge in [0.25, 0.3) is 0 Å². The Kier molecular flexibility index (Phi) is 12.7. The van der Waals surface area contributed by atoms with Crippen molar-refractivity contribution in [2.75, 3.05) is 7.11 Å². The first-order valence-corrected chi connectivity index (χ1v) is 9.15. The third-order valence-corrected chi connectivity index (χ3v) is 4.78. The van der Waals surface area contributed by atoms with Gasteiger partial charge in [-0.25, -0.2) is 0 Å². The first-order chi connectivity index (χ1) is 11.0. The lowest BCUT2D eigenvalue weighted by Gasteiger charge is -2.21. The first kappa shape index (κ1) is 21.9. The molecule has 0 heterocycles. The molecule has 0 radical (unpaired) electrons. The van der Waals surface area contributed by atoms with Gasteiger partial charge in [0, 0.05) is 7.11 Å². The smallest absolute Gasteiger partial charge is 0.0608 e. The van der Waals surface area contributed by atoms with Crippen LogP contribution in [0.4, 0.5) is 0 Å². The van der Waals surface area contributed by atoms with Crippen LogP contribution in [-0.4, -0.2) is 13.2 Å². The fraction of sp³-hybridized carbons (Fsp3) is 0.636. The van der Waals surface area contributed by atoms with Gasteiger partial charge in [-0.1, -0.05) is 62.8 Å². The quantitative estimate of drug-likeness (QED) is 0.201. The summed E-state index contributed by atoms with van der Waals surface area (Å²) in [5.41, 5.74) is 1.79. The monoisotopic (exact) mass is 318 g/mol. The number of hydrogen-bond acceptors (Lipinski definition) is 1. The highest BCUT2D eigenvalue weighted by molar-refractivity contribution is 5.11. The summed E-state index contributed by atoms with van der Waals surface area (Å²) in [6, 6.07) is 0. The second-order valence-electron chi connectivity index (χ2n) is 6.70. The summed E-state index contributed by atoms with van der Waals surface area (Å²) in [5, 5.41) is 0. The predicted octanol–water partition coefficient (Wildman–Crippen LogP) is 7.02. The molecule has 0 N–H and O–H groups in total. The van der Waals surface area contributed by atoms with Crippen LogP contribution >= 0.6 is 0 Å². The highest BCUT2D eigenvalue weighted by Gasteiger charge is 2.14. The lowest BCUT2D eigenvalue weighted by molar-refractivity contribution is 0.0981.